The van der Waals surface area contributed by atoms with Crippen molar-refractivity contribution in [1.29, 1.82) is 0 Å². The van der Waals surface area contributed by atoms with Gasteiger partial charge in [-0.3, -0.25) is 9.36 Å². The number of rotatable bonds is 5. The topological polar surface area (TPSA) is 83.8 Å². The van der Waals surface area contributed by atoms with Crippen LogP contribution in [0.4, 0.5) is 13.2 Å². The number of esters is 1. The zero-order valence-corrected chi connectivity index (χ0v) is 8.22. The molecule has 9 heteroatoms. The summed E-state index contributed by atoms with van der Waals surface area (Å²) in [6, 6.07) is 0. The van der Waals surface area contributed by atoms with Crippen LogP contribution in [0.25, 0.3) is 0 Å². The van der Waals surface area contributed by atoms with E-state index < -0.39 is 44.7 Å². The maximum Gasteiger partial charge on any atom is 0.336 e. The Morgan fingerprint density at radius 2 is 1.80 bits per heavy atom. The van der Waals surface area contributed by atoms with Crippen molar-refractivity contribution in [3.8, 4) is 0 Å². The average molecular weight is 248 g/mol. The number of halogens is 3. The van der Waals surface area contributed by atoms with Crippen molar-refractivity contribution in [3.05, 3.63) is 11.9 Å². The summed E-state index contributed by atoms with van der Waals surface area (Å²) in [6.07, 6.45) is -4.49. The Kier molecular flexibility index (Phi) is 5.56. The summed E-state index contributed by atoms with van der Waals surface area (Å²) in [5, 5.41) is 0. The fraction of sp³-hybridized carbons (Fsp3) is 0.500. The molecule has 0 aliphatic rings. The molecular formula is C6H8F3O5P. The Balaban J connectivity index is 3.85. The van der Waals surface area contributed by atoms with Gasteiger partial charge in [0.05, 0.1) is 6.61 Å². The normalized spacial score (nSPS) is 11.0. The lowest BCUT2D eigenvalue weighted by atomic mass is 10.4. The molecular weight excluding hydrogens is 240 g/mol. The van der Waals surface area contributed by atoms with Crippen LogP contribution in [0.15, 0.2) is 11.9 Å². The van der Waals surface area contributed by atoms with E-state index in [0.717, 1.165) is 0 Å². The first-order chi connectivity index (χ1) is 6.72. The van der Waals surface area contributed by atoms with Gasteiger partial charge in [-0.25, -0.2) is 4.39 Å². The van der Waals surface area contributed by atoms with E-state index in [0.29, 0.717) is 0 Å². The van der Waals surface area contributed by atoms with Crippen molar-refractivity contribution in [2.45, 2.75) is 6.42 Å². The fourth-order valence-electron chi connectivity index (χ4n) is 0.563. The molecule has 0 aliphatic heterocycles. The van der Waals surface area contributed by atoms with Gasteiger partial charge in [0.2, 0.25) is 0 Å². The average Bonchev–Trinajstić information content (AvgIpc) is 2.00. The Labute approximate surface area is 82.7 Å². The largest absolute Gasteiger partial charge is 0.465 e. The summed E-state index contributed by atoms with van der Waals surface area (Å²) in [6.45, 7) is -0.692. The van der Waals surface area contributed by atoms with Gasteiger partial charge in [0.15, 0.2) is 5.83 Å². The van der Waals surface area contributed by atoms with Gasteiger partial charge in [0, 0.05) is 6.42 Å². The van der Waals surface area contributed by atoms with Crippen LogP contribution in [-0.4, -0.2) is 28.5 Å². The predicted molar refractivity (Wildman–Crippen MR) is 42.8 cm³/mol. The molecule has 0 aliphatic carbocycles. The standard InChI is InChI=1S/C6H8F3O5P/c7-4(6(8)9)1-2-14-5(10)3-15(11,12)13/h1-3H2,(H2,11,12,13). The van der Waals surface area contributed by atoms with Crippen LogP contribution in [0, 0.1) is 0 Å². The van der Waals surface area contributed by atoms with Crippen molar-refractivity contribution < 1.29 is 37.1 Å². The molecule has 0 atom stereocenters. The van der Waals surface area contributed by atoms with Gasteiger partial charge >= 0.3 is 19.6 Å². The minimum absolute atomic E-state index is 0.692. The van der Waals surface area contributed by atoms with Gasteiger partial charge < -0.3 is 14.5 Å². The summed E-state index contributed by atoms with van der Waals surface area (Å²) >= 11 is 0. The number of ether oxygens (including phenoxy) is 1. The minimum atomic E-state index is -4.53. The quantitative estimate of drug-likeness (QED) is 0.563. The van der Waals surface area contributed by atoms with E-state index >= 15 is 0 Å². The lowest BCUT2D eigenvalue weighted by Gasteiger charge is -2.04. The van der Waals surface area contributed by atoms with Crippen LogP contribution in [-0.2, 0) is 14.1 Å². The Morgan fingerprint density at radius 1 is 1.27 bits per heavy atom. The van der Waals surface area contributed by atoms with E-state index in [1.54, 1.807) is 0 Å². The molecule has 0 radical (unpaired) electrons. The second kappa shape index (κ2) is 5.89. The maximum absolute atomic E-state index is 12.1. The van der Waals surface area contributed by atoms with E-state index in [2.05, 4.69) is 4.74 Å². The SMILES string of the molecule is O=C(CP(=O)(O)O)OCCC(F)=C(F)F. The molecule has 5 nitrogen and oxygen atoms in total. The molecule has 0 fully saturated rings. The third-order valence-electron chi connectivity index (χ3n) is 1.12. The van der Waals surface area contributed by atoms with Crippen LogP contribution in [0.2, 0.25) is 0 Å². The highest BCUT2D eigenvalue weighted by atomic mass is 31.2. The summed E-state index contributed by atoms with van der Waals surface area (Å²) in [5.74, 6) is -2.99. The van der Waals surface area contributed by atoms with Crippen molar-refractivity contribution >= 4 is 13.6 Å². The van der Waals surface area contributed by atoms with Crippen molar-refractivity contribution in [3.63, 3.8) is 0 Å². The highest BCUT2D eigenvalue weighted by Crippen LogP contribution is 2.33. The summed E-state index contributed by atoms with van der Waals surface area (Å²) < 4.78 is 49.4. The van der Waals surface area contributed by atoms with Crippen molar-refractivity contribution in [1.82, 2.24) is 0 Å². The van der Waals surface area contributed by atoms with Gasteiger partial charge in [-0.2, -0.15) is 8.78 Å². The third-order valence-corrected chi connectivity index (χ3v) is 1.79. The Morgan fingerprint density at radius 3 is 2.20 bits per heavy atom. The number of carbonyl (C=O) groups excluding carboxylic acids is 1. The Hall–Kier alpha value is -0.850. The summed E-state index contributed by atoms with van der Waals surface area (Å²) in [7, 11) is -4.53. The molecule has 0 rings (SSSR count). The summed E-state index contributed by atoms with van der Waals surface area (Å²) in [5.41, 5.74) is 0. The molecule has 0 heterocycles. The molecule has 0 aromatic heterocycles. The first-order valence-corrected chi connectivity index (χ1v) is 5.42. The van der Waals surface area contributed by atoms with E-state index in [1.807, 2.05) is 0 Å². The smallest absolute Gasteiger partial charge is 0.336 e. The first kappa shape index (κ1) is 14.2. The second-order valence-corrected chi connectivity index (χ2v) is 4.10. The van der Waals surface area contributed by atoms with Gasteiger partial charge in [0.1, 0.15) is 6.16 Å². The van der Waals surface area contributed by atoms with E-state index in [-0.39, 0.29) is 0 Å². The van der Waals surface area contributed by atoms with Gasteiger partial charge in [-0.15, -0.1) is 0 Å². The van der Waals surface area contributed by atoms with Gasteiger partial charge in [-0.1, -0.05) is 0 Å². The molecule has 0 saturated heterocycles. The molecule has 0 spiro atoms. The lowest BCUT2D eigenvalue weighted by molar-refractivity contribution is -0.140. The Bertz CT molecular complexity index is 306. The predicted octanol–water partition coefficient (Wildman–Crippen LogP) is 1.18. The minimum Gasteiger partial charge on any atom is -0.465 e. The van der Waals surface area contributed by atoms with Crippen LogP contribution >= 0.6 is 7.60 Å². The molecule has 88 valence electrons. The van der Waals surface area contributed by atoms with Gasteiger partial charge in [0.25, 0.3) is 0 Å². The van der Waals surface area contributed by atoms with Crippen LogP contribution in [0.5, 0.6) is 0 Å². The lowest BCUT2D eigenvalue weighted by Crippen LogP contribution is -2.11. The molecule has 0 bridgehead atoms. The number of carbonyl (C=O) groups is 1. The molecule has 0 aromatic rings. The zero-order chi connectivity index (χ0) is 12.1. The third kappa shape index (κ3) is 8.17. The molecule has 15 heavy (non-hydrogen) atoms. The summed E-state index contributed by atoms with van der Waals surface area (Å²) in [4.78, 5) is 27.2. The molecule has 0 amide bonds. The van der Waals surface area contributed by atoms with Crippen LogP contribution in [0.1, 0.15) is 6.42 Å². The monoisotopic (exact) mass is 248 g/mol. The maximum atomic E-state index is 12.1. The van der Waals surface area contributed by atoms with E-state index in [4.69, 9.17) is 9.79 Å². The molecule has 0 saturated carbocycles. The second-order valence-electron chi connectivity index (χ2n) is 2.46. The van der Waals surface area contributed by atoms with E-state index in [9.17, 15) is 22.5 Å². The number of hydrogen-bond acceptors (Lipinski definition) is 3. The highest BCUT2D eigenvalue weighted by Gasteiger charge is 2.20. The zero-order valence-electron chi connectivity index (χ0n) is 7.32. The van der Waals surface area contributed by atoms with Crippen molar-refractivity contribution in [2.75, 3.05) is 12.8 Å². The van der Waals surface area contributed by atoms with Crippen LogP contribution in [0.3, 0.4) is 0 Å². The van der Waals surface area contributed by atoms with E-state index in [1.165, 1.54) is 0 Å². The molecule has 0 aromatic carbocycles. The first-order valence-electron chi connectivity index (χ1n) is 3.62. The van der Waals surface area contributed by atoms with Gasteiger partial charge in [-0.05, 0) is 0 Å². The molecule has 2 N–H and O–H groups in total. The molecule has 0 unspecified atom stereocenters. The van der Waals surface area contributed by atoms with Crippen molar-refractivity contribution in [2.24, 2.45) is 0 Å². The number of hydrogen-bond donors (Lipinski definition) is 2. The van der Waals surface area contributed by atoms with Crippen LogP contribution < -0.4 is 0 Å². The highest BCUT2D eigenvalue weighted by molar-refractivity contribution is 7.52. The fourth-order valence-corrected chi connectivity index (χ4v) is 0.990.